The molecule has 0 aliphatic carbocycles. The molecule has 3 amide bonds. The van der Waals surface area contributed by atoms with Crippen molar-refractivity contribution in [1.29, 1.82) is 0 Å². The lowest BCUT2D eigenvalue weighted by atomic mass is 10.2. The van der Waals surface area contributed by atoms with Crippen LogP contribution in [0.3, 0.4) is 0 Å². The van der Waals surface area contributed by atoms with Gasteiger partial charge in [0, 0.05) is 18.9 Å². The summed E-state index contributed by atoms with van der Waals surface area (Å²) in [5.41, 5.74) is 3.31. The predicted molar refractivity (Wildman–Crippen MR) is 114 cm³/mol. The van der Waals surface area contributed by atoms with E-state index in [1.807, 2.05) is 6.92 Å². The summed E-state index contributed by atoms with van der Waals surface area (Å²) in [6.45, 7) is 2.43. The summed E-state index contributed by atoms with van der Waals surface area (Å²) in [6, 6.07) is 10.8. The summed E-state index contributed by atoms with van der Waals surface area (Å²) in [7, 11) is 1.49. The van der Waals surface area contributed by atoms with Crippen LogP contribution < -0.4 is 15.5 Å². The number of amides is 3. The number of hydrazine groups is 1. The first-order valence-corrected chi connectivity index (χ1v) is 9.67. The average Bonchev–Trinajstić information content (AvgIpc) is 2.94. The van der Waals surface area contributed by atoms with Gasteiger partial charge >= 0.3 is 0 Å². The number of anilines is 1. The SMILES string of the molecule is CCOc1ccc(NC(=O)CC2C(=O)N(C)C(=S)N2NC(=O)c2ccccn2)cc1. The molecule has 2 aromatic rings. The summed E-state index contributed by atoms with van der Waals surface area (Å²) >= 11 is 5.26. The molecule has 2 N–H and O–H groups in total. The number of carbonyl (C=O) groups excluding carboxylic acids is 3. The lowest BCUT2D eigenvalue weighted by molar-refractivity contribution is -0.130. The Morgan fingerprint density at radius 3 is 2.57 bits per heavy atom. The van der Waals surface area contributed by atoms with Crippen molar-refractivity contribution in [2.24, 2.45) is 0 Å². The topological polar surface area (TPSA) is 104 Å². The van der Waals surface area contributed by atoms with E-state index >= 15 is 0 Å². The second kappa shape index (κ2) is 9.31. The van der Waals surface area contributed by atoms with E-state index in [1.165, 1.54) is 29.2 Å². The summed E-state index contributed by atoms with van der Waals surface area (Å²) in [4.78, 5) is 42.8. The number of nitrogens with one attached hydrogen (secondary N) is 2. The van der Waals surface area contributed by atoms with E-state index in [1.54, 1.807) is 36.4 Å². The number of pyridine rings is 1. The van der Waals surface area contributed by atoms with Crippen LogP contribution in [-0.4, -0.2) is 57.4 Å². The molecular weight excluding hydrogens is 406 g/mol. The van der Waals surface area contributed by atoms with E-state index in [0.717, 1.165) is 0 Å². The maximum Gasteiger partial charge on any atom is 0.288 e. The van der Waals surface area contributed by atoms with Crippen molar-refractivity contribution in [1.82, 2.24) is 20.3 Å². The van der Waals surface area contributed by atoms with Gasteiger partial charge in [-0.2, -0.15) is 0 Å². The maximum atomic E-state index is 12.6. The monoisotopic (exact) mass is 427 g/mol. The van der Waals surface area contributed by atoms with Crippen molar-refractivity contribution < 1.29 is 19.1 Å². The Balaban J connectivity index is 1.68. The molecule has 1 aromatic heterocycles. The number of rotatable bonds is 7. The second-order valence-electron chi connectivity index (χ2n) is 6.43. The zero-order valence-corrected chi connectivity index (χ0v) is 17.3. The van der Waals surface area contributed by atoms with Crippen LogP contribution in [-0.2, 0) is 9.59 Å². The number of ether oxygens (including phenoxy) is 1. The smallest absolute Gasteiger partial charge is 0.288 e. The molecule has 1 aromatic carbocycles. The van der Waals surface area contributed by atoms with Crippen molar-refractivity contribution >= 4 is 40.7 Å². The Kier molecular flexibility index (Phi) is 6.58. The highest BCUT2D eigenvalue weighted by Gasteiger charge is 2.42. The molecule has 1 aliphatic heterocycles. The highest BCUT2D eigenvalue weighted by molar-refractivity contribution is 7.80. The summed E-state index contributed by atoms with van der Waals surface area (Å²) in [5.74, 6) is -0.620. The van der Waals surface area contributed by atoms with Gasteiger partial charge in [-0.1, -0.05) is 6.07 Å². The third kappa shape index (κ3) is 4.71. The van der Waals surface area contributed by atoms with E-state index in [4.69, 9.17) is 17.0 Å². The van der Waals surface area contributed by atoms with Gasteiger partial charge in [-0.05, 0) is 55.5 Å². The van der Waals surface area contributed by atoms with Crippen LogP contribution in [0.2, 0.25) is 0 Å². The number of nitrogens with zero attached hydrogens (tertiary/aromatic N) is 3. The van der Waals surface area contributed by atoms with Gasteiger partial charge in [0.25, 0.3) is 11.8 Å². The van der Waals surface area contributed by atoms with Crippen molar-refractivity contribution in [3.63, 3.8) is 0 Å². The molecule has 156 valence electrons. The molecule has 30 heavy (non-hydrogen) atoms. The zero-order chi connectivity index (χ0) is 21.7. The third-order valence-corrected chi connectivity index (χ3v) is 4.84. The predicted octanol–water partition coefficient (Wildman–Crippen LogP) is 1.58. The number of carbonyl (C=O) groups is 3. The van der Waals surface area contributed by atoms with Gasteiger partial charge < -0.3 is 10.1 Å². The standard InChI is InChI=1S/C20H21N5O4S/c1-3-29-14-9-7-13(8-10-14)22-17(26)12-16-19(28)24(2)20(30)25(16)23-18(27)15-6-4-5-11-21-15/h4-11,16H,3,12H2,1-2H3,(H,22,26)(H,23,27). The molecule has 0 spiro atoms. The first-order chi connectivity index (χ1) is 14.4. The summed E-state index contributed by atoms with van der Waals surface area (Å²) in [5, 5.41) is 4.06. The zero-order valence-electron chi connectivity index (χ0n) is 16.5. The Labute approximate surface area is 179 Å². The van der Waals surface area contributed by atoms with Crippen molar-refractivity contribution in [3.8, 4) is 5.75 Å². The average molecular weight is 427 g/mol. The fraction of sp³-hybridized carbons (Fsp3) is 0.250. The van der Waals surface area contributed by atoms with Crippen molar-refractivity contribution in [2.75, 3.05) is 19.0 Å². The Hall–Kier alpha value is -3.53. The third-order valence-electron chi connectivity index (χ3n) is 4.37. The number of thiocarbonyl (C=S) groups is 1. The van der Waals surface area contributed by atoms with Crippen LogP contribution >= 0.6 is 12.2 Å². The first-order valence-electron chi connectivity index (χ1n) is 9.26. The number of hydrogen-bond donors (Lipinski definition) is 2. The second-order valence-corrected chi connectivity index (χ2v) is 6.80. The molecular formula is C20H21N5O4S. The minimum absolute atomic E-state index is 0.100. The molecule has 9 nitrogen and oxygen atoms in total. The van der Waals surface area contributed by atoms with Gasteiger partial charge in [0.15, 0.2) is 5.11 Å². The number of hydrogen-bond acceptors (Lipinski definition) is 6. The Bertz CT molecular complexity index is 951. The molecule has 0 radical (unpaired) electrons. The number of aromatic nitrogens is 1. The van der Waals surface area contributed by atoms with Crippen LogP contribution in [0.1, 0.15) is 23.8 Å². The highest BCUT2D eigenvalue weighted by Crippen LogP contribution is 2.20. The maximum absolute atomic E-state index is 12.6. The summed E-state index contributed by atoms with van der Waals surface area (Å²) < 4.78 is 5.37. The van der Waals surface area contributed by atoms with Gasteiger partial charge in [-0.3, -0.25) is 29.7 Å². The van der Waals surface area contributed by atoms with E-state index in [2.05, 4.69) is 15.7 Å². The fourth-order valence-corrected chi connectivity index (χ4v) is 3.14. The van der Waals surface area contributed by atoms with Gasteiger partial charge in [0.1, 0.15) is 17.5 Å². The molecule has 2 heterocycles. The lowest BCUT2D eigenvalue weighted by Crippen LogP contribution is -2.49. The first kappa shape index (κ1) is 21.2. The van der Waals surface area contributed by atoms with Gasteiger partial charge in [0.2, 0.25) is 5.91 Å². The van der Waals surface area contributed by atoms with Crippen LogP contribution in [0, 0.1) is 0 Å². The molecule has 3 rings (SSSR count). The molecule has 1 saturated heterocycles. The summed E-state index contributed by atoms with van der Waals surface area (Å²) in [6.07, 6.45) is 1.29. The van der Waals surface area contributed by atoms with E-state index in [9.17, 15) is 14.4 Å². The minimum Gasteiger partial charge on any atom is -0.494 e. The molecule has 10 heteroatoms. The van der Waals surface area contributed by atoms with E-state index < -0.39 is 17.9 Å². The van der Waals surface area contributed by atoms with E-state index in [0.29, 0.717) is 18.0 Å². The van der Waals surface area contributed by atoms with Crippen LogP contribution in [0.5, 0.6) is 5.75 Å². The Morgan fingerprint density at radius 1 is 1.20 bits per heavy atom. The normalized spacial score (nSPS) is 15.9. The molecule has 1 unspecified atom stereocenters. The minimum atomic E-state index is -0.960. The van der Waals surface area contributed by atoms with Gasteiger partial charge in [-0.15, -0.1) is 0 Å². The van der Waals surface area contributed by atoms with Crippen LogP contribution in [0.15, 0.2) is 48.7 Å². The van der Waals surface area contributed by atoms with Gasteiger partial charge in [0.05, 0.1) is 13.0 Å². The van der Waals surface area contributed by atoms with Gasteiger partial charge in [-0.25, -0.2) is 5.01 Å². The fourth-order valence-electron chi connectivity index (χ4n) is 2.88. The molecule has 0 bridgehead atoms. The Morgan fingerprint density at radius 2 is 1.93 bits per heavy atom. The molecule has 0 saturated carbocycles. The largest absolute Gasteiger partial charge is 0.494 e. The molecule has 1 aliphatic rings. The van der Waals surface area contributed by atoms with Crippen LogP contribution in [0.4, 0.5) is 5.69 Å². The lowest BCUT2D eigenvalue weighted by Gasteiger charge is -2.23. The quantitative estimate of drug-likeness (QED) is 0.647. The van der Waals surface area contributed by atoms with Crippen molar-refractivity contribution in [3.05, 3.63) is 54.4 Å². The van der Waals surface area contributed by atoms with Crippen molar-refractivity contribution in [2.45, 2.75) is 19.4 Å². The number of benzene rings is 1. The number of likely N-dealkylation sites (N-methyl/N-ethyl adjacent to an activating group) is 1. The van der Waals surface area contributed by atoms with Crippen LogP contribution in [0.25, 0.3) is 0 Å². The van der Waals surface area contributed by atoms with E-state index in [-0.39, 0.29) is 23.1 Å². The molecule has 1 atom stereocenters. The highest BCUT2D eigenvalue weighted by atomic mass is 32.1. The molecule has 1 fully saturated rings.